The molecule has 2 N–H and O–H groups in total. The van der Waals surface area contributed by atoms with Gasteiger partial charge in [0.25, 0.3) is 0 Å². The minimum absolute atomic E-state index is 0.0960. The van der Waals surface area contributed by atoms with Gasteiger partial charge < -0.3 is 29.5 Å². The van der Waals surface area contributed by atoms with E-state index in [4.69, 9.17) is 29.3 Å². The molecule has 0 aliphatic carbocycles. The average Bonchev–Trinajstić information content (AvgIpc) is 3.37. The Balaban J connectivity index is 0.000000696. The predicted octanol–water partition coefficient (Wildman–Crippen LogP) is 4.29. The zero-order valence-corrected chi connectivity index (χ0v) is 24.0. The van der Waals surface area contributed by atoms with E-state index in [2.05, 4.69) is 43.0 Å². The van der Waals surface area contributed by atoms with Crippen LogP contribution >= 0.6 is 0 Å². The summed E-state index contributed by atoms with van der Waals surface area (Å²) >= 11 is 0. The fourth-order valence-corrected chi connectivity index (χ4v) is 4.98. The van der Waals surface area contributed by atoms with Crippen LogP contribution in [0.15, 0.2) is 48.5 Å². The molecule has 2 aromatic carbocycles. The van der Waals surface area contributed by atoms with E-state index in [1.807, 2.05) is 11.8 Å². The van der Waals surface area contributed by atoms with Crippen LogP contribution in [0.5, 0.6) is 0 Å². The van der Waals surface area contributed by atoms with Crippen LogP contribution in [0.25, 0.3) is 0 Å². The molecule has 10 heteroatoms. The zero-order valence-electron chi connectivity index (χ0n) is 24.0. The summed E-state index contributed by atoms with van der Waals surface area (Å²) in [5.74, 6) is -3.30. The highest BCUT2D eigenvalue weighted by Crippen LogP contribution is 2.23. The van der Waals surface area contributed by atoms with Crippen molar-refractivity contribution in [2.24, 2.45) is 0 Å². The summed E-state index contributed by atoms with van der Waals surface area (Å²) < 4.78 is 24.9. The van der Waals surface area contributed by atoms with Crippen molar-refractivity contribution in [1.82, 2.24) is 9.80 Å². The molecule has 41 heavy (non-hydrogen) atoms. The largest absolute Gasteiger partial charge is 0.473 e. The molecule has 0 saturated carbocycles. The third kappa shape index (κ3) is 10.5. The van der Waals surface area contributed by atoms with E-state index >= 15 is 0 Å². The fraction of sp³-hybridized carbons (Fsp3) is 0.516. The van der Waals surface area contributed by atoms with Gasteiger partial charge in [0.2, 0.25) is 5.91 Å². The minimum atomic E-state index is -1.82. The van der Waals surface area contributed by atoms with Crippen molar-refractivity contribution < 1.29 is 38.5 Å². The molecule has 2 heterocycles. The van der Waals surface area contributed by atoms with Crippen LogP contribution in [0.4, 0.5) is 4.39 Å². The first-order valence-corrected chi connectivity index (χ1v) is 14.1. The van der Waals surface area contributed by atoms with Gasteiger partial charge in [0.05, 0.1) is 19.1 Å². The minimum Gasteiger partial charge on any atom is -0.473 e. The van der Waals surface area contributed by atoms with Crippen molar-refractivity contribution in [3.8, 4) is 0 Å². The number of rotatable bonds is 9. The second-order valence-electron chi connectivity index (χ2n) is 10.9. The van der Waals surface area contributed by atoms with Crippen LogP contribution in [0.2, 0.25) is 0 Å². The normalized spacial score (nSPS) is 19.4. The molecule has 2 saturated heterocycles. The molecule has 224 valence electrons. The van der Waals surface area contributed by atoms with Crippen molar-refractivity contribution in [3.05, 3.63) is 71.0 Å². The smallest absolute Gasteiger partial charge is 0.414 e. The molecular weight excluding hydrogens is 531 g/mol. The van der Waals surface area contributed by atoms with Crippen LogP contribution in [-0.4, -0.2) is 82.5 Å². The SMILES string of the molecule is CC1COC(CCN2CCC(N(Cc3ccc(F)cc3)C(=O)Cc3ccc(C(C)C)cc3)CC2)O1.O=C(O)C(=O)O. The molecule has 0 radical (unpaired) electrons. The molecular formula is C31H41FN2O7. The predicted molar refractivity (Wildman–Crippen MR) is 151 cm³/mol. The number of amides is 1. The first-order valence-electron chi connectivity index (χ1n) is 14.1. The van der Waals surface area contributed by atoms with Gasteiger partial charge in [-0.25, -0.2) is 14.0 Å². The number of aliphatic carboxylic acids is 2. The molecule has 2 aliphatic heterocycles. The fourth-order valence-electron chi connectivity index (χ4n) is 4.98. The molecule has 2 fully saturated rings. The summed E-state index contributed by atoms with van der Waals surface area (Å²) in [6.45, 7) is 10.4. The summed E-state index contributed by atoms with van der Waals surface area (Å²) in [5.41, 5.74) is 3.27. The molecule has 2 unspecified atom stereocenters. The van der Waals surface area contributed by atoms with E-state index in [0.29, 0.717) is 25.5 Å². The van der Waals surface area contributed by atoms with Crippen molar-refractivity contribution in [2.45, 2.75) is 77.4 Å². The van der Waals surface area contributed by atoms with E-state index in [1.54, 1.807) is 12.1 Å². The zero-order chi connectivity index (χ0) is 29.9. The number of halogens is 1. The summed E-state index contributed by atoms with van der Waals surface area (Å²) in [6.07, 6.45) is 3.21. The van der Waals surface area contributed by atoms with Crippen LogP contribution in [-0.2, 0) is 36.8 Å². The van der Waals surface area contributed by atoms with Crippen LogP contribution in [0, 0.1) is 5.82 Å². The standard InChI is InChI=1S/C29H39FN2O3.C2H2O4/c1-21(2)25-8-4-23(5-9-25)18-28(33)32(19-24-6-10-26(30)11-7-24)27-12-15-31(16-13-27)17-14-29-34-20-22(3)35-29;3-1(4)2(5)6/h4-11,21-22,27,29H,12-20H2,1-3H3;(H,3,4)(H,5,6). The molecule has 2 aliphatic rings. The molecule has 0 aromatic heterocycles. The second kappa shape index (κ2) is 15.6. The highest BCUT2D eigenvalue weighted by molar-refractivity contribution is 6.27. The maximum atomic E-state index is 13.5. The molecule has 0 bridgehead atoms. The van der Waals surface area contributed by atoms with Crippen molar-refractivity contribution in [2.75, 3.05) is 26.2 Å². The van der Waals surface area contributed by atoms with E-state index in [0.717, 1.165) is 50.0 Å². The number of nitrogens with zero attached hydrogens (tertiary/aromatic N) is 2. The summed E-state index contributed by atoms with van der Waals surface area (Å²) in [5, 5.41) is 14.8. The number of carboxylic acid groups (broad SMARTS) is 2. The van der Waals surface area contributed by atoms with Crippen LogP contribution < -0.4 is 0 Å². The average molecular weight is 573 g/mol. The number of piperidine rings is 1. The van der Waals surface area contributed by atoms with Gasteiger partial charge in [-0.3, -0.25) is 4.79 Å². The highest BCUT2D eigenvalue weighted by Gasteiger charge is 2.29. The molecule has 0 spiro atoms. The number of ether oxygens (including phenoxy) is 2. The summed E-state index contributed by atoms with van der Waals surface area (Å²) in [7, 11) is 0. The van der Waals surface area contributed by atoms with Gasteiger partial charge in [0.1, 0.15) is 5.82 Å². The van der Waals surface area contributed by atoms with Gasteiger partial charge in [-0.2, -0.15) is 0 Å². The monoisotopic (exact) mass is 572 g/mol. The summed E-state index contributed by atoms with van der Waals surface area (Å²) in [6, 6.07) is 15.1. The van der Waals surface area contributed by atoms with Crippen LogP contribution in [0.3, 0.4) is 0 Å². The number of hydrogen-bond acceptors (Lipinski definition) is 6. The maximum absolute atomic E-state index is 13.5. The highest BCUT2D eigenvalue weighted by atomic mass is 19.1. The Morgan fingerprint density at radius 1 is 0.976 bits per heavy atom. The van der Waals surface area contributed by atoms with E-state index < -0.39 is 11.9 Å². The Labute approximate surface area is 240 Å². The number of carbonyl (C=O) groups excluding carboxylic acids is 1. The van der Waals surface area contributed by atoms with Crippen molar-refractivity contribution >= 4 is 17.8 Å². The third-order valence-corrected chi connectivity index (χ3v) is 7.35. The van der Waals surface area contributed by atoms with E-state index in [9.17, 15) is 9.18 Å². The third-order valence-electron chi connectivity index (χ3n) is 7.35. The second-order valence-corrected chi connectivity index (χ2v) is 10.9. The molecule has 2 aromatic rings. The number of benzene rings is 2. The van der Waals surface area contributed by atoms with E-state index in [-0.39, 0.29) is 30.2 Å². The van der Waals surface area contributed by atoms with E-state index in [1.165, 1.54) is 17.7 Å². The van der Waals surface area contributed by atoms with Crippen molar-refractivity contribution in [1.29, 1.82) is 0 Å². The Morgan fingerprint density at radius 3 is 2.07 bits per heavy atom. The quantitative estimate of drug-likeness (QED) is 0.428. The van der Waals surface area contributed by atoms with Gasteiger partial charge in [-0.05, 0) is 54.5 Å². The Morgan fingerprint density at radius 2 is 1.56 bits per heavy atom. The lowest BCUT2D eigenvalue weighted by molar-refractivity contribution is -0.159. The first-order chi connectivity index (χ1) is 19.5. The summed E-state index contributed by atoms with van der Waals surface area (Å²) in [4.78, 5) is 36.2. The number of carbonyl (C=O) groups is 3. The van der Waals surface area contributed by atoms with Gasteiger partial charge >= 0.3 is 11.9 Å². The van der Waals surface area contributed by atoms with Crippen molar-refractivity contribution in [3.63, 3.8) is 0 Å². The molecule has 9 nitrogen and oxygen atoms in total. The Kier molecular flexibility index (Phi) is 12.2. The Bertz CT molecular complexity index is 1120. The lowest BCUT2D eigenvalue weighted by atomic mass is 9.99. The van der Waals surface area contributed by atoms with Gasteiger partial charge in [0, 0.05) is 38.6 Å². The lowest BCUT2D eigenvalue weighted by Crippen LogP contribution is -2.48. The number of carboxylic acids is 2. The topological polar surface area (TPSA) is 117 Å². The Hall–Kier alpha value is -3.34. The first kappa shape index (κ1) is 32.2. The van der Waals surface area contributed by atoms with Crippen LogP contribution in [0.1, 0.15) is 62.6 Å². The number of likely N-dealkylation sites (tertiary alicyclic amines) is 1. The number of hydrogen-bond donors (Lipinski definition) is 2. The van der Waals surface area contributed by atoms with Gasteiger partial charge in [-0.1, -0.05) is 50.2 Å². The molecule has 2 atom stereocenters. The molecule has 4 rings (SSSR count). The molecule has 1 amide bonds. The van der Waals surface area contributed by atoms with Gasteiger partial charge in [0.15, 0.2) is 6.29 Å². The lowest BCUT2D eigenvalue weighted by Gasteiger charge is -2.39. The maximum Gasteiger partial charge on any atom is 0.414 e. The van der Waals surface area contributed by atoms with Gasteiger partial charge in [-0.15, -0.1) is 0 Å².